The summed E-state index contributed by atoms with van der Waals surface area (Å²) in [5.41, 5.74) is 4.86. The van der Waals surface area contributed by atoms with Crippen LogP contribution in [0, 0.1) is 17.0 Å². The maximum atomic E-state index is 11.3. The third-order valence-electron chi connectivity index (χ3n) is 5.04. The van der Waals surface area contributed by atoms with Crippen LogP contribution in [0.1, 0.15) is 37.8 Å². The van der Waals surface area contributed by atoms with Crippen LogP contribution >= 0.6 is 0 Å². The van der Waals surface area contributed by atoms with E-state index in [0.29, 0.717) is 12.2 Å². The standard InChI is InChI=1S/C20H18N2O2.C7H15NO/c1-15-6-5-9-17(12-15)18-10-11-20(22(23)24)19(13-18)21-14-16-7-3-2-4-8-16;1-3-5-8(7-9)6-4-2/h2-13,21H,14H2,1H3;7H,3-6H2,1-2H3. The number of rotatable bonds is 10. The van der Waals surface area contributed by atoms with Crippen LogP contribution in [0.4, 0.5) is 11.4 Å². The molecule has 0 aliphatic carbocycles. The monoisotopic (exact) mass is 447 g/mol. The molecule has 0 saturated carbocycles. The average molecular weight is 448 g/mol. The number of nitro benzene ring substituents is 1. The number of nitrogens with zero attached hydrogens (tertiary/aromatic N) is 2. The van der Waals surface area contributed by atoms with Crippen LogP contribution in [0.25, 0.3) is 11.1 Å². The first-order chi connectivity index (χ1) is 16.0. The molecule has 1 amide bonds. The number of aryl methyl sites for hydroxylation is 1. The van der Waals surface area contributed by atoms with Gasteiger partial charge >= 0.3 is 0 Å². The second kappa shape index (κ2) is 13.7. The van der Waals surface area contributed by atoms with Crippen LogP contribution in [0.3, 0.4) is 0 Å². The fourth-order valence-corrected chi connectivity index (χ4v) is 3.43. The quantitative estimate of drug-likeness (QED) is 0.220. The lowest BCUT2D eigenvalue weighted by Gasteiger charge is -2.13. The molecular weight excluding hydrogens is 414 g/mol. The topological polar surface area (TPSA) is 75.5 Å². The fourth-order valence-electron chi connectivity index (χ4n) is 3.43. The molecule has 3 aromatic rings. The maximum Gasteiger partial charge on any atom is 0.292 e. The van der Waals surface area contributed by atoms with Crippen molar-refractivity contribution < 1.29 is 9.72 Å². The second-order valence-corrected chi connectivity index (χ2v) is 7.84. The van der Waals surface area contributed by atoms with Crippen LogP contribution in [0.15, 0.2) is 72.8 Å². The SMILES string of the molecule is CCCN(C=O)CCC.Cc1cccc(-c2ccc([N+](=O)[O-])c(NCc3ccccc3)c2)c1. The molecule has 0 heterocycles. The summed E-state index contributed by atoms with van der Waals surface area (Å²) >= 11 is 0. The van der Waals surface area contributed by atoms with E-state index in [1.807, 2.05) is 61.5 Å². The Morgan fingerprint density at radius 1 is 0.909 bits per heavy atom. The van der Waals surface area contributed by atoms with Crippen molar-refractivity contribution in [1.29, 1.82) is 0 Å². The molecule has 0 fully saturated rings. The van der Waals surface area contributed by atoms with Gasteiger partial charge in [0.25, 0.3) is 5.69 Å². The number of anilines is 1. The van der Waals surface area contributed by atoms with E-state index >= 15 is 0 Å². The molecule has 33 heavy (non-hydrogen) atoms. The summed E-state index contributed by atoms with van der Waals surface area (Å²) in [5.74, 6) is 0. The van der Waals surface area contributed by atoms with Gasteiger partial charge in [-0.15, -0.1) is 0 Å². The van der Waals surface area contributed by atoms with Gasteiger partial charge in [0.05, 0.1) is 4.92 Å². The Hall–Kier alpha value is -3.67. The summed E-state index contributed by atoms with van der Waals surface area (Å²) in [6, 6.07) is 23.1. The highest BCUT2D eigenvalue weighted by Gasteiger charge is 2.14. The van der Waals surface area contributed by atoms with Gasteiger partial charge in [0.15, 0.2) is 0 Å². The number of carbonyl (C=O) groups excluding carboxylic acids is 1. The molecule has 6 nitrogen and oxygen atoms in total. The number of nitrogens with one attached hydrogen (secondary N) is 1. The third kappa shape index (κ3) is 8.41. The highest BCUT2D eigenvalue weighted by molar-refractivity contribution is 5.74. The molecule has 0 bridgehead atoms. The number of nitro groups is 1. The summed E-state index contributed by atoms with van der Waals surface area (Å²) in [4.78, 5) is 23.0. The zero-order valence-electron chi connectivity index (χ0n) is 19.7. The van der Waals surface area contributed by atoms with Crippen molar-refractivity contribution in [3.8, 4) is 11.1 Å². The lowest BCUT2D eigenvalue weighted by Crippen LogP contribution is -2.23. The van der Waals surface area contributed by atoms with Crippen molar-refractivity contribution in [2.75, 3.05) is 18.4 Å². The van der Waals surface area contributed by atoms with Crippen molar-refractivity contribution in [2.24, 2.45) is 0 Å². The summed E-state index contributed by atoms with van der Waals surface area (Å²) in [6.45, 7) is 8.52. The summed E-state index contributed by atoms with van der Waals surface area (Å²) in [5, 5.41) is 14.5. The lowest BCUT2D eigenvalue weighted by molar-refractivity contribution is -0.384. The van der Waals surface area contributed by atoms with E-state index < -0.39 is 0 Å². The van der Waals surface area contributed by atoms with E-state index in [4.69, 9.17) is 0 Å². The van der Waals surface area contributed by atoms with Gasteiger partial charge in [-0.05, 0) is 48.6 Å². The Bertz CT molecular complexity index is 1020. The highest BCUT2D eigenvalue weighted by atomic mass is 16.6. The van der Waals surface area contributed by atoms with Crippen LogP contribution < -0.4 is 5.32 Å². The first-order valence-electron chi connectivity index (χ1n) is 11.3. The van der Waals surface area contributed by atoms with Gasteiger partial charge < -0.3 is 10.2 Å². The maximum absolute atomic E-state index is 11.3. The zero-order chi connectivity index (χ0) is 24.1. The number of hydrogen-bond donors (Lipinski definition) is 1. The van der Waals surface area contributed by atoms with Crippen LogP contribution in [-0.4, -0.2) is 29.3 Å². The smallest absolute Gasteiger partial charge is 0.292 e. The van der Waals surface area contributed by atoms with E-state index in [1.54, 1.807) is 17.0 Å². The Labute approximate surface area is 196 Å². The molecule has 174 valence electrons. The molecule has 0 spiro atoms. The lowest BCUT2D eigenvalue weighted by atomic mass is 10.0. The van der Waals surface area contributed by atoms with Gasteiger partial charge in [0.1, 0.15) is 5.69 Å². The number of hydrogen-bond acceptors (Lipinski definition) is 4. The van der Waals surface area contributed by atoms with Gasteiger partial charge in [-0.2, -0.15) is 0 Å². The Balaban J connectivity index is 0.000000365. The largest absolute Gasteiger partial charge is 0.375 e. The van der Waals surface area contributed by atoms with E-state index in [0.717, 1.165) is 54.6 Å². The van der Waals surface area contributed by atoms with Crippen molar-refractivity contribution in [3.63, 3.8) is 0 Å². The van der Waals surface area contributed by atoms with Gasteiger partial charge in [-0.1, -0.05) is 74.0 Å². The third-order valence-corrected chi connectivity index (χ3v) is 5.04. The molecule has 3 aromatic carbocycles. The van der Waals surface area contributed by atoms with E-state index in [9.17, 15) is 14.9 Å². The van der Waals surface area contributed by atoms with Crippen LogP contribution in [0.5, 0.6) is 0 Å². The molecule has 0 saturated heterocycles. The molecule has 0 aromatic heterocycles. The van der Waals surface area contributed by atoms with E-state index in [2.05, 4.69) is 25.2 Å². The zero-order valence-corrected chi connectivity index (χ0v) is 19.7. The Morgan fingerprint density at radius 3 is 2.15 bits per heavy atom. The predicted molar refractivity (Wildman–Crippen MR) is 135 cm³/mol. The van der Waals surface area contributed by atoms with Gasteiger partial charge in [0.2, 0.25) is 6.41 Å². The van der Waals surface area contributed by atoms with Crippen molar-refractivity contribution in [2.45, 2.75) is 40.2 Å². The van der Waals surface area contributed by atoms with Crippen LogP contribution in [-0.2, 0) is 11.3 Å². The Morgan fingerprint density at radius 2 is 1.58 bits per heavy atom. The molecule has 0 atom stereocenters. The molecule has 1 N–H and O–H groups in total. The molecule has 0 unspecified atom stereocenters. The fraction of sp³-hybridized carbons (Fsp3) is 0.296. The first-order valence-corrected chi connectivity index (χ1v) is 11.3. The van der Waals surface area contributed by atoms with Crippen molar-refractivity contribution >= 4 is 17.8 Å². The summed E-state index contributed by atoms with van der Waals surface area (Å²) < 4.78 is 0. The van der Waals surface area contributed by atoms with Crippen molar-refractivity contribution in [1.82, 2.24) is 4.90 Å². The molecular formula is C27H33N3O3. The molecule has 0 radical (unpaired) electrons. The number of benzene rings is 3. The molecule has 0 aliphatic heterocycles. The van der Waals surface area contributed by atoms with E-state index in [1.165, 1.54) is 0 Å². The van der Waals surface area contributed by atoms with E-state index in [-0.39, 0.29) is 10.6 Å². The highest BCUT2D eigenvalue weighted by Crippen LogP contribution is 2.31. The van der Waals surface area contributed by atoms with Gasteiger partial charge in [-0.3, -0.25) is 14.9 Å². The predicted octanol–water partition coefficient (Wildman–Crippen LogP) is 6.45. The van der Waals surface area contributed by atoms with Crippen molar-refractivity contribution in [3.05, 3.63) is 94.0 Å². The Kier molecular flexibility index (Phi) is 10.6. The summed E-state index contributed by atoms with van der Waals surface area (Å²) in [6.07, 6.45) is 3.03. The average Bonchev–Trinajstić information content (AvgIpc) is 2.83. The normalized spacial score (nSPS) is 10.0. The minimum atomic E-state index is -0.354. The summed E-state index contributed by atoms with van der Waals surface area (Å²) in [7, 11) is 0. The first kappa shape index (κ1) is 25.6. The molecule has 0 aliphatic rings. The molecule has 6 heteroatoms. The van der Waals surface area contributed by atoms with Crippen LogP contribution in [0.2, 0.25) is 0 Å². The number of amides is 1. The minimum absolute atomic E-state index is 0.0855. The van der Waals surface area contributed by atoms with Gasteiger partial charge in [-0.25, -0.2) is 0 Å². The second-order valence-electron chi connectivity index (χ2n) is 7.84. The van der Waals surface area contributed by atoms with Gasteiger partial charge in [0, 0.05) is 25.7 Å². The minimum Gasteiger partial charge on any atom is -0.375 e. The molecule has 3 rings (SSSR count). The number of carbonyl (C=O) groups is 1.